The average Bonchev–Trinajstić information content (AvgIpc) is 2.11. The summed E-state index contributed by atoms with van der Waals surface area (Å²) in [7, 11) is 0. The van der Waals surface area contributed by atoms with Gasteiger partial charge >= 0.3 is 0 Å². The molecule has 0 saturated heterocycles. The van der Waals surface area contributed by atoms with E-state index >= 15 is 0 Å². The number of carbonyl (C=O) groups is 1. The molecule has 0 aliphatic heterocycles. The van der Waals surface area contributed by atoms with E-state index in [1.54, 1.807) is 18.2 Å². The third-order valence-electron chi connectivity index (χ3n) is 1.81. The Bertz CT molecular complexity index is 348. The molecular formula is C10H10Cl2O2. The molecule has 1 aromatic carbocycles. The Morgan fingerprint density at radius 2 is 2.14 bits per heavy atom. The van der Waals surface area contributed by atoms with E-state index in [0.29, 0.717) is 21.9 Å². The van der Waals surface area contributed by atoms with Gasteiger partial charge in [0, 0.05) is 16.5 Å². The summed E-state index contributed by atoms with van der Waals surface area (Å²) in [6.07, 6.45) is 0.653. The fourth-order valence-electron chi connectivity index (χ4n) is 1.11. The van der Waals surface area contributed by atoms with Crippen molar-refractivity contribution in [2.75, 3.05) is 0 Å². The van der Waals surface area contributed by atoms with Crippen LogP contribution in [0.5, 0.6) is 0 Å². The molecule has 76 valence electrons. The van der Waals surface area contributed by atoms with Gasteiger partial charge in [-0.2, -0.15) is 0 Å². The number of hydrogen-bond acceptors (Lipinski definition) is 2. The van der Waals surface area contributed by atoms with Gasteiger partial charge in [-0.1, -0.05) is 23.2 Å². The second kappa shape index (κ2) is 4.30. The van der Waals surface area contributed by atoms with Crippen LogP contribution in [0.3, 0.4) is 0 Å². The molecule has 4 heteroatoms. The topological polar surface area (TPSA) is 37.3 Å². The molecule has 0 spiro atoms. The standard InChI is InChI=1S/C10H10Cl2O2/c1-10(14,6-13)5-7-4-8(11)2-3-9(7)12/h2-4,6,14H,5H2,1H3. The quantitative estimate of drug-likeness (QED) is 0.814. The van der Waals surface area contributed by atoms with Gasteiger partial charge in [-0.3, -0.25) is 0 Å². The van der Waals surface area contributed by atoms with Crippen LogP contribution >= 0.6 is 23.2 Å². The Kier molecular flexibility index (Phi) is 3.53. The van der Waals surface area contributed by atoms with Gasteiger partial charge in [0.05, 0.1) is 0 Å². The molecule has 1 atom stereocenters. The first-order valence-electron chi connectivity index (χ1n) is 4.07. The highest BCUT2D eigenvalue weighted by molar-refractivity contribution is 6.33. The van der Waals surface area contributed by atoms with E-state index < -0.39 is 5.60 Å². The lowest BCUT2D eigenvalue weighted by Gasteiger charge is -2.16. The zero-order valence-electron chi connectivity index (χ0n) is 7.63. The normalized spacial score (nSPS) is 14.9. The summed E-state index contributed by atoms with van der Waals surface area (Å²) in [5.74, 6) is 0. The minimum absolute atomic E-state index is 0.163. The zero-order chi connectivity index (χ0) is 10.8. The Balaban J connectivity index is 2.96. The van der Waals surface area contributed by atoms with Crippen LogP contribution in [-0.4, -0.2) is 17.0 Å². The number of aliphatic hydroxyl groups is 1. The van der Waals surface area contributed by atoms with E-state index in [9.17, 15) is 9.90 Å². The van der Waals surface area contributed by atoms with Crippen LogP contribution in [0, 0.1) is 0 Å². The molecular weight excluding hydrogens is 223 g/mol. The summed E-state index contributed by atoms with van der Waals surface area (Å²) >= 11 is 11.6. The van der Waals surface area contributed by atoms with Crippen LogP contribution in [-0.2, 0) is 11.2 Å². The first-order valence-corrected chi connectivity index (χ1v) is 4.83. The lowest BCUT2D eigenvalue weighted by atomic mass is 9.98. The number of benzene rings is 1. The Hall–Kier alpha value is -0.570. The SMILES string of the molecule is CC(O)(C=O)Cc1cc(Cl)ccc1Cl. The Labute approximate surface area is 92.5 Å². The molecule has 1 rings (SSSR count). The molecule has 0 radical (unpaired) electrons. The molecule has 0 aliphatic carbocycles. The smallest absolute Gasteiger partial charge is 0.151 e. The lowest BCUT2D eigenvalue weighted by molar-refractivity contribution is -0.122. The molecule has 0 amide bonds. The molecule has 0 aliphatic rings. The molecule has 0 heterocycles. The van der Waals surface area contributed by atoms with E-state index in [0.717, 1.165) is 0 Å². The Morgan fingerprint density at radius 1 is 1.50 bits per heavy atom. The summed E-state index contributed by atoms with van der Waals surface area (Å²) in [6, 6.07) is 4.94. The van der Waals surface area contributed by atoms with Crippen LogP contribution in [0.25, 0.3) is 0 Å². The fraction of sp³-hybridized carbons (Fsp3) is 0.300. The molecule has 0 fully saturated rings. The van der Waals surface area contributed by atoms with Crippen molar-refractivity contribution in [2.24, 2.45) is 0 Å². The van der Waals surface area contributed by atoms with Gasteiger partial charge in [-0.05, 0) is 30.7 Å². The third kappa shape index (κ3) is 2.98. The van der Waals surface area contributed by atoms with Crippen molar-refractivity contribution in [3.63, 3.8) is 0 Å². The van der Waals surface area contributed by atoms with Gasteiger partial charge in [0.1, 0.15) is 5.60 Å². The lowest BCUT2D eigenvalue weighted by Crippen LogP contribution is -2.28. The number of rotatable bonds is 3. The largest absolute Gasteiger partial charge is 0.382 e. The van der Waals surface area contributed by atoms with Gasteiger partial charge in [-0.15, -0.1) is 0 Å². The van der Waals surface area contributed by atoms with Gasteiger partial charge in [0.2, 0.25) is 0 Å². The van der Waals surface area contributed by atoms with Crippen LogP contribution in [0.15, 0.2) is 18.2 Å². The average molecular weight is 233 g/mol. The highest BCUT2D eigenvalue weighted by Gasteiger charge is 2.21. The minimum atomic E-state index is -1.39. The van der Waals surface area contributed by atoms with E-state index in [1.807, 2.05) is 0 Å². The van der Waals surface area contributed by atoms with Crippen LogP contribution in [0.4, 0.5) is 0 Å². The predicted octanol–water partition coefficient (Wildman–Crippen LogP) is 2.49. The van der Waals surface area contributed by atoms with Crippen LogP contribution < -0.4 is 0 Å². The van der Waals surface area contributed by atoms with E-state index in [1.165, 1.54) is 6.92 Å². The van der Waals surface area contributed by atoms with Crippen molar-refractivity contribution in [1.29, 1.82) is 0 Å². The number of halogens is 2. The van der Waals surface area contributed by atoms with E-state index in [2.05, 4.69) is 0 Å². The van der Waals surface area contributed by atoms with E-state index in [-0.39, 0.29) is 6.42 Å². The van der Waals surface area contributed by atoms with Crippen molar-refractivity contribution in [3.8, 4) is 0 Å². The first kappa shape index (κ1) is 11.5. The van der Waals surface area contributed by atoms with Gasteiger partial charge in [-0.25, -0.2) is 0 Å². The minimum Gasteiger partial charge on any atom is -0.382 e. The molecule has 1 N–H and O–H groups in total. The van der Waals surface area contributed by atoms with Crippen LogP contribution in [0.2, 0.25) is 10.0 Å². The molecule has 0 aromatic heterocycles. The zero-order valence-corrected chi connectivity index (χ0v) is 9.14. The molecule has 1 unspecified atom stereocenters. The third-order valence-corrected chi connectivity index (χ3v) is 2.41. The molecule has 0 saturated carbocycles. The summed E-state index contributed by atoms with van der Waals surface area (Å²) in [6.45, 7) is 1.43. The van der Waals surface area contributed by atoms with Crippen molar-refractivity contribution in [2.45, 2.75) is 18.9 Å². The molecule has 14 heavy (non-hydrogen) atoms. The van der Waals surface area contributed by atoms with Gasteiger partial charge < -0.3 is 9.90 Å². The number of carbonyl (C=O) groups excluding carboxylic acids is 1. The monoisotopic (exact) mass is 232 g/mol. The maximum Gasteiger partial charge on any atom is 0.151 e. The Morgan fingerprint density at radius 3 is 2.71 bits per heavy atom. The molecule has 2 nitrogen and oxygen atoms in total. The van der Waals surface area contributed by atoms with Gasteiger partial charge in [0.25, 0.3) is 0 Å². The van der Waals surface area contributed by atoms with Crippen LogP contribution in [0.1, 0.15) is 12.5 Å². The number of aldehydes is 1. The highest BCUT2D eigenvalue weighted by atomic mass is 35.5. The maximum absolute atomic E-state index is 10.5. The van der Waals surface area contributed by atoms with Gasteiger partial charge in [0.15, 0.2) is 6.29 Å². The summed E-state index contributed by atoms with van der Waals surface area (Å²) < 4.78 is 0. The fourth-order valence-corrected chi connectivity index (χ4v) is 1.49. The molecule has 0 bridgehead atoms. The van der Waals surface area contributed by atoms with E-state index in [4.69, 9.17) is 23.2 Å². The maximum atomic E-state index is 10.5. The van der Waals surface area contributed by atoms with Crippen molar-refractivity contribution >= 4 is 29.5 Å². The first-order chi connectivity index (χ1) is 6.44. The van der Waals surface area contributed by atoms with Crippen molar-refractivity contribution in [1.82, 2.24) is 0 Å². The molecule has 1 aromatic rings. The number of hydrogen-bond donors (Lipinski definition) is 1. The summed E-state index contributed by atoms with van der Waals surface area (Å²) in [5.41, 5.74) is -0.731. The second-order valence-electron chi connectivity index (χ2n) is 3.39. The van der Waals surface area contributed by atoms with Crippen molar-refractivity contribution in [3.05, 3.63) is 33.8 Å². The second-order valence-corrected chi connectivity index (χ2v) is 4.23. The summed E-state index contributed by atoms with van der Waals surface area (Å²) in [4.78, 5) is 10.5. The highest BCUT2D eigenvalue weighted by Crippen LogP contribution is 2.23. The van der Waals surface area contributed by atoms with Crippen molar-refractivity contribution < 1.29 is 9.90 Å². The predicted molar refractivity (Wildman–Crippen MR) is 56.9 cm³/mol. The summed E-state index contributed by atoms with van der Waals surface area (Å²) in [5, 5.41) is 10.6.